The monoisotopic (exact) mass is 396 g/mol. The first-order valence-electron chi connectivity index (χ1n) is 8.55. The number of halogens is 1. The molecule has 0 atom stereocenters. The molecule has 0 aliphatic carbocycles. The maximum absolute atomic E-state index is 9.10. The Balaban J connectivity index is 0.000000527. The fraction of sp³-hybridized carbons (Fsp3) is 0.421. The fourth-order valence-corrected chi connectivity index (χ4v) is 2.37. The molecule has 0 radical (unpaired) electrons. The zero-order chi connectivity index (χ0) is 20.4. The second kappa shape index (κ2) is 11.5. The first kappa shape index (κ1) is 22.8. The standard InChI is InChI=1S/C17H23ClN2O.C2H2O4/c1-12(2)21-8-4-7-19-11-15-10-14-6-5-13(3)9-16(14)20-17(15)18;3-1(4)2(5)6/h5-6,9-10,12,19H,4,7-8,11H2,1-3H3;(H,3,4)(H,5,6). The van der Waals surface area contributed by atoms with Crippen LogP contribution in [0.15, 0.2) is 24.3 Å². The lowest BCUT2D eigenvalue weighted by Gasteiger charge is -2.10. The van der Waals surface area contributed by atoms with Crippen LogP contribution in [-0.4, -0.2) is 46.4 Å². The van der Waals surface area contributed by atoms with Crippen molar-refractivity contribution in [2.24, 2.45) is 0 Å². The molecule has 0 fully saturated rings. The highest BCUT2D eigenvalue weighted by atomic mass is 35.5. The number of nitrogens with zero attached hydrogens (tertiary/aromatic N) is 1. The van der Waals surface area contributed by atoms with Crippen molar-refractivity contribution in [3.05, 3.63) is 40.5 Å². The van der Waals surface area contributed by atoms with E-state index in [0.717, 1.165) is 42.6 Å². The molecule has 0 bridgehead atoms. The number of aliphatic carboxylic acids is 2. The first-order chi connectivity index (χ1) is 12.7. The largest absolute Gasteiger partial charge is 0.473 e. The maximum Gasteiger partial charge on any atom is 0.414 e. The van der Waals surface area contributed by atoms with Crippen molar-refractivity contribution in [3.63, 3.8) is 0 Å². The zero-order valence-corrected chi connectivity index (χ0v) is 16.4. The van der Waals surface area contributed by atoms with Crippen LogP contribution in [0.3, 0.4) is 0 Å². The number of carbonyl (C=O) groups is 2. The van der Waals surface area contributed by atoms with Gasteiger partial charge in [0.1, 0.15) is 5.15 Å². The highest BCUT2D eigenvalue weighted by Crippen LogP contribution is 2.21. The zero-order valence-electron chi connectivity index (χ0n) is 15.7. The second-order valence-electron chi connectivity index (χ2n) is 6.19. The Bertz CT molecular complexity index is 768. The molecule has 0 unspecified atom stereocenters. The summed E-state index contributed by atoms with van der Waals surface area (Å²) in [6.07, 6.45) is 1.29. The molecule has 1 heterocycles. The Hall–Kier alpha value is -2.22. The Morgan fingerprint density at radius 2 is 1.89 bits per heavy atom. The van der Waals surface area contributed by atoms with Gasteiger partial charge in [-0.25, -0.2) is 14.6 Å². The normalized spacial score (nSPS) is 10.6. The number of hydrogen-bond donors (Lipinski definition) is 3. The van der Waals surface area contributed by atoms with Gasteiger partial charge < -0.3 is 20.3 Å². The van der Waals surface area contributed by atoms with Gasteiger partial charge in [0, 0.05) is 24.1 Å². The van der Waals surface area contributed by atoms with Crippen LogP contribution < -0.4 is 5.32 Å². The maximum atomic E-state index is 9.10. The quantitative estimate of drug-likeness (QED) is 0.374. The van der Waals surface area contributed by atoms with E-state index in [0.29, 0.717) is 11.3 Å². The molecule has 0 aliphatic rings. The molecule has 3 N–H and O–H groups in total. The molecule has 148 valence electrons. The van der Waals surface area contributed by atoms with Crippen molar-refractivity contribution in [2.45, 2.75) is 39.8 Å². The lowest BCUT2D eigenvalue weighted by atomic mass is 10.1. The molecule has 2 rings (SSSR count). The van der Waals surface area contributed by atoms with E-state index >= 15 is 0 Å². The third-order valence-electron chi connectivity index (χ3n) is 3.45. The summed E-state index contributed by atoms with van der Waals surface area (Å²) in [6.45, 7) is 8.59. The Kier molecular flexibility index (Phi) is 9.71. The van der Waals surface area contributed by atoms with Crippen molar-refractivity contribution < 1.29 is 24.5 Å². The van der Waals surface area contributed by atoms with Crippen molar-refractivity contribution >= 4 is 34.4 Å². The van der Waals surface area contributed by atoms with E-state index in [1.54, 1.807) is 0 Å². The highest BCUT2D eigenvalue weighted by Gasteiger charge is 2.05. The van der Waals surface area contributed by atoms with Gasteiger partial charge in [-0.1, -0.05) is 23.7 Å². The summed E-state index contributed by atoms with van der Waals surface area (Å²) >= 11 is 6.26. The van der Waals surface area contributed by atoms with Crippen LogP contribution in [-0.2, 0) is 20.9 Å². The summed E-state index contributed by atoms with van der Waals surface area (Å²) < 4.78 is 5.51. The lowest BCUT2D eigenvalue weighted by Crippen LogP contribution is -2.17. The van der Waals surface area contributed by atoms with E-state index in [2.05, 4.69) is 55.3 Å². The molecule has 8 heteroatoms. The van der Waals surface area contributed by atoms with Gasteiger partial charge in [0.2, 0.25) is 0 Å². The minimum Gasteiger partial charge on any atom is -0.473 e. The summed E-state index contributed by atoms with van der Waals surface area (Å²) in [6, 6.07) is 8.36. The van der Waals surface area contributed by atoms with Crippen LogP contribution in [0.5, 0.6) is 0 Å². The van der Waals surface area contributed by atoms with Crippen molar-refractivity contribution in [1.82, 2.24) is 10.3 Å². The highest BCUT2D eigenvalue weighted by molar-refractivity contribution is 6.30. The average molecular weight is 397 g/mol. The SMILES string of the molecule is Cc1ccc2cc(CNCCCOC(C)C)c(Cl)nc2c1.O=C(O)C(=O)O. The number of fused-ring (bicyclic) bond motifs is 1. The van der Waals surface area contributed by atoms with Gasteiger partial charge in [0.25, 0.3) is 0 Å². The Labute approximate surface area is 163 Å². The number of ether oxygens (including phenoxy) is 1. The third kappa shape index (κ3) is 8.81. The Morgan fingerprint density at radius 1 is 1.22 bits per heavy atom. The molecule has 27 heavy (non-hydrogen) atoms. The number of carboxylic acid groups (broad SMARTS) is 2. The topological polar surface area (TPSA) is 109 Å². The molecule has 1 aromatic carbocycles. The molecule has 0 spiro atoms. The number of aromatic nitrogens is 1. The van der Waals surface area contributed by atoms with Crippen LogP contribution in [0.4, 0.5) is 0 Å². The van der Waals surface area contributed by atoms with Gasteiger partial charge in [-0.15, -0.1) is 0 Å². The smallest absolute Gasteiger partial charge is 0.414 e. The van der Waals surface area contributed by atoms with E-state index in [4.69, 9.17) is 36.1 Å². The van der Waals surface area contributed by atoms with Gasteiger partial charge in [-0.05, 0) is 51.4 Å². The summed E-state index contributed by atoms with van der Waals surface area (Å²) in [5.41, 5.74) is 3.19. The lowest BCUT2D eigenvalue weighted by molar-refractivity contribution is -0.159. The summed E-state index contributed by atoms with van der Waals surface area (Å²) in [5, 5.41) is 19.9. The minimum absolute atomic E-state index is 0.299. The molecular formula is C19H25ClN2O5. The van der Waals surface area contributed by atoms with Gasteiger partial charge in [0.05, 0.1) is 11.6 Å². The van der Waals surface area contributed by atoms with Crippen LogP contribution in [0.25, 0.3) is 10.9 Å². The van der Waals surface area contributed by atoms with E-state index < -0.39 is 11.9 Å². The number of rotatable bonds is 7. The molecule has 0 aliphatic heterocycles. The van der Waals surface area contributed by atoms with E-state index in [1.165, 1.54) is 5.56 Å². The van der Waals surface area contributed by atoms with Crippen molar-refractivity contribution in [1.29, 1.82) is 0 Å². The van der Waals surface area contributed by atoms with Crippen LogP contribution in [0.2, 0.25) is 5.15 Å². The van der Waals surface area contributed by atoms with Gasteiger partial charge in [-0.3, -0.25) is 0 Å². The second-order valence-corrected chi connectivity index (χ2v) is 6.55. The number of aryl methyl sites for hydroxylation is 1. The van der Waals surface area contributed by atoms with Crippen molar-refractivity contribution in [3.8, 4) is 0 Å². The number of carboxylic acids is 2. The predicted molar refractivity (Wildman–Crippen MR) is 104 cm³/mol. The first-order valence-corrected chi connectivity index (χ1v) is 8.92. The molecule has 7 nitrogen and oxygen atoms in total. The minimum atomic E-state index is -1.82. The molecule has 1 aromatic heterocycles. The van der Waals surface area contributed by atoms with E-state index in [1.807, 2.05) is 0 Å². The summed E-state index contributed by atoms with van der Waals surface area (Å²) in [5.74, 6) is -3.65. The van der Waals surface area contributed by atoms with Crippen molar-refractivity contribution in [2.75, 3.05) is 13.2 Å². The van der Waals surface area contributed by atoms with Crippen LogP contribution in [0.1, 0.15) is 31.4 Å². The average Bonchev–Trinajstić information content (AvgIpc) is 2.58. The molecule has 0 amide bonds. The summed E-state index contributed by atoms with van der Waals surface area (Å²) in [4.78, 5) is 22.7. The fourth-order valence-electron chi connectivity index (χ4n) is 2.16. The molecule has 2 aromatic rings. The van der Waals surface area contributed by atoms with Gasteiger partial charge in [-0.2, -0.15) is 0 Å². The van der Waals surface area contributed by atoms with Gasteiger partial charge >= 0.3 is 11.9 Å². The number of pyridine rings is 1. The molecule has 0 saturated carbocycles. The number of hydrogen-bond acceptors (Lipinski definition) is 5. The number of benzene rings is 1. The van der Waals surface area contributed by atoms with Gasteiger partial charge in [0.15, 0.2) is 0 Å². The van der Waals surface area contributed by atoms with E-state index in [-0.39, 0.29) is 0 Å². The van der Waals surface area contributed by atoms with Crippen LogP contribution in [0, 0.1) is 6.92 Å². The third-order valence-corrected chi connectivity index (χ3v) is 3.77. The van der Waals surface area contributed by atoms with Crippen LogP contribution >= 0.6 is 11.6 Å². The van der Waals surface area contributed by atoms with E-state index in [9.17, 15) is 0 Å². The molecule has 0 saturated heterocycles. The summed E-state index contributed by atoms with van der Waals surface area (Å²) in [7, 11) is 0. The predicted octanol–water partition coefficient (Wildman–Crippen LogP) is 3.26. The Morgan fingerprint density at radius 3 is 2.48 bits per heavy atom. The number of nitrogens with one attached hydrogen (secondary N) is 1. The molecular weight excluding hydrogens is 372 g/mol.